The number of hydrogen-bond acceptors (Lipinski definition) is 3. The zero-order valence-electron chi connectivity index (χ0n) is 14.3. The molecule has 23 heavy (non-hydrogen) atoms. The third kappa shape index (κ3) is 5.95. The van der Waals surface area contributed by atoms with Crippen LogP contribution in [0.5, 0.6) is 0 Å². The summed E-state index contributed by atoms with van der Waals surface area (Å²) in [6.45, 7) is 8.38. The van der Waals surface area contributed by atoms with Gasteiger partial charge in [-0.1, -0.05) is 13.8 Å². The normalized spacial score (nSPS) is 18.0. The van der Waals surface area contributed by atoms with Gasteiger partial charge in [0, 0.05) is 41.9 Å². The Morgan fingerprint density at radius 2 is 2.22 bits per heavy atom. The summed E-state index contributed by atoms with van der Waals surface area (Å²) in [5.41, 5.74) is 0. The summed E-state index contributed by atoms with van der Waals surface area (Å²) in [7, 11) is 1.78. The third-order valence-corrected chi connectivity index (χ3v) is 4.79. The lowest BCUT2D eigenvalue weighted by Crippen LogP contribution is -2.45. The molecule has 1 amide bonds. The first kappa shape index (κ1) is 20.2. The lowest BCUT2D eigenvalue weighted by atomic mass is 10.2. The van der Waals surface area contributed by atoms with Crippen LogP contribution in [0.25, 0.3) is 0 Å². The molecule has 7 heteroatoms. The number of likely N-dealkylation sites (tertiary alicyclic amines) is 1. The molecule has 1 aromatic rings. The van der Waals surface area contributed by atoms with Crippen molar-refractivity contribution in [3.05, 3.63) is 21.9 Å². The molecule has 1 unspecified atom stereocenters. The Kier molecular flexibility index (Phi) is 8.32. The molecule has 2 heterocycles. The Morgan fingerprint density at radius 1 is 1.48 bits per heavy atom. The highest BCUT2D eigenvalue weighted by Gasteiger charge is 2.27. The van der Waals surface area contributed by atoms with Gasteiger partial charge >= 0.3 is 0 Å². The van der Waals surface area contributed by atoms with Gasteiger partial charge in [-0.25, -0.2) is 0 Å². The van der Waals surface area contributed by atoms with Crippen molar-refractivity contribution in [3.63, 3.8) is 0 Å². The molecule has 5 nitrogen and oxygen atoms in total. The minimum atomic E-state index is 0. The monoisotopic (exact) mass is 450 g/mol. The van der Waals surface area contributed by atoms with Crippen LogP contribution in [0.1, 0.15) is 30.0 Å². The molecule has 0 saturated carbocycles. The number of nitrogens with zero attached hydrogens (tertiary/aromatic N) is 2. The van der Waals surface area contributed by atoms with E-state index in [1.165, 1.54) is 9.75 Å². The highest BCUT2D eigenvalue weighted by Crippen LogP contribution is 2.15. The maximum Gasteiger partial charge on any atom is 0.225 e. The van der Waals surface area contributed by atoms with Crippen LogP contribution >= 0.6 is 35.3 Å². The lowest BCUT2D eigenvalue weighted by molar-refractivity contribution is -0.133. The highest BCUT2D eigenvalue weighted by atomic mass is 127. The molecular formula is C16H27IN4OS. The van der Waals surface area contributed by atoms with E-state index in [9.17, 15) is 4.79 Å². The summed E-state index contributed by atoms with van der Waals surface area (Å²) in [5, 5.41) is 6.75. The van der Waals surface area contributed by atoms with Gasteiger partial charge in [-0.2, -0.15) is 0 Å². The fraction of sp³-hybridized carbons (Fsp3) is 0.625. The number of rotatable bonds is 4. The van der Waals surface area contributed by atoms with Gasteiger partial charge in [-0.05, 0) is 25.5 Å². The Morgan fingerprint density at radius 3 is 2.78 bits per heavy atom. The summed E-state index contributed by atoms with van der Waals surface area (Å²) in [5.74, 6) is 1.11. The van der Waals surface area contributed by atoms with E-state index in [2.05, 4.69) is 34.7 Å². The van der Waals surface area contributed by atoms with Crippen molar-refractivity contribution in [2.75, 3.05) is 20.1 Å². The maximum atomic E-state index is 12.0. The van der Waals surface area contributed by atoms with Crippen LogP contribution in [0, 0.1) is 12.8 Å². The molecule has 130 valence electrons. The SMILES string of the molecule is CN=C(NCc1ccc(C)s1)NC1CCN(C(=O)C(C)C)C1.I. The summed E-state index contributed by atoms with van der Waals surface area (Å²) in [4.78, 5) is 20.8. The molecule has 1 aliphatic heterocycles. The van der Waals surface area contributed by atoms with Gasteiger partial charge in [0.25, 0.3) is 0 Å². The van der Waals surface area contributed by atoms with Crippen LogP contribution in [0.3, 0.4) is 0 Å². The molecule has 1 atom stereocenters. The molecule has 0 spiro atoms. The summed E-state index contributed by atoms with van der Waals surface area (Å²) in [6, 6.07) is 4.54. The Labute approximate surface area is 160 Å². The number of aliphatic imine (C=N–C) groups is 1. The Hall–Kier alpha value is -0.830. The van der Waals surface area contributed by atoms with Gasteiger partial charge in [-0.3, -0.25) is 9.79 Å². The van der Waals surface area contributed by atoms with Crippen LogP contribution in [-0.2, 0) is 11.3 Å². The largest absolute Gasteiger partial charge is 0.352 e. The molecule has 0 aliphatic carbocycles. The first-order valence-corrected chi connectivity index (χ1v) is 8.62. The van der Waals surface area contributed by atoms with Gasteiger partial charge in [0.05, 0.1) is 6.54 Å². The van der Waals surface area contributed by atoms with Crippen molar-refractivity contribution in [1.29, 1.82) is 0 Å². The molecule has 1 saturated heterocycles. The molecule has 2 N–H and O–H groups in total. The second-order valence-corrected chi connectivity index (χ2v) is 7.38. The number of amides is 1. The van der Waals surface area contributed by atoms with Crippen LogP contribution in [0.4, 0.5) is 0 Å². The number of nitrogens with one attached hydrogen (secondary N) is 2. The first-order valence-electron chi connectivity index (χ1n) is 7.81. The van der Waals surface area contributed by atoms with Crippen LogP contribution in [0.15, 0.2) is 17.1 Å². The van der Waals surface area contributed by atoms with Gasteiger partial charge in [-0.15, -0.1) is 35.3 Å². The summed E-state index contributed by atoms with van der Waals surface area (Å²) >= 11 is 1.79. The molecule has 0 aromatic carbocycles. The van der Waals surface area contributed by atoms with Gasteiger partial charge in [0.1, 0.15) is 0 Å². The van der Waals surface area contributed by atoms with Crippen molar-refractivity contribution < 1.29 is 4.79 Å². The van der Waals surface area contributed by atoms with E-state index in [4.69, 9.17) is 0 Å². The fourth-order valence-electron chi connectivity index (χ4n) is 2.58. The highest BCUT2D eigenvalue weighted by molar-refractivity contribution is 14.0. The molecular weight excluding hydrogens is 423 g/mol. The molecule has 0 bridgehead atoms. The second-order valence-electron chi connectivity index (χ2n) is 6.01. The fourth-order valence-corrected chi connectivity index (χ4v) is 3.41. The van der Waals surface area contributed by atoms with Crippen molar-refractivity contribution in [3.8, 4) is 0 Å². The Balaban J connectivity index is 0.00000264. The number of guanidine groups is 1. The van der Waals surface area contributed by atoms with Crippen molar-refractivity contribution in [2.45, 2.75) is 39.8 Å². The molecule has 1 aromatic heterocycles. The average molecular weight is 450 g/mol. The predicted octanol–water partition coefficient (Wildman–Crippen LogP) is 2.60. The van der Waals surface area contributed by atoms with Crippen molar-refractivity contribution in [1.82, 2.24) is 15.5 Å². The van der Waals surface area contributed by atoms with Crippen LogP contribution in [-0.4, -0.2) is 42.9 Å². The number of carbonyl (C=O) groups excluding carboxylic acids is 1. The van der Waals surface area contributed by atoms with Crippen molar-refractivity contribution >= 4 is 47.2 Å². The molecule has 1 fully saturated rings. The van der Waals surface area contributed by atoms with Gasteiger partial charge in [0.2, 0.25) is 5.91 Å². The van der Waals surface area contributed by atoms with E-state index in [-0.39, 0.29) is 41.8 Å². The predicted molar refractivity (Wildman–Crippen MR) is 108 cm³/mol. The number of thiophene rings is 1. The minimum absolute atomic E-state index is 0. The molecule has 2 rings (SSSR count). The second kappa shape index (κ2) is 9.46. The molecule has 1 aliphatic rings. The smallest absolute Gasteiger partial charge is 0.225 e. The van der Waals surface area contributed by atoms with E-state index < -0.39 is 0 Å². The van der Waals surface area contributed by atoms with Crippen LogP contribution < -0.4 is 10.6 Å². The number of hydrogen-bond donors (Lipinski definition) is 2. The van der Waals surface area contributed by atoms with E-state index in [0.29, 0.717) is 0 Å². The van der Waals surface area contributed by atoms with E-state index in [0.717, 1.165) is 32.0 Å². The maximum absolute atomic E-state index is 12.0. The van der Waals surface area contributed by atoms with Gasteiger partial charge < -0.3 is 15.5 Å². The van der Waals surface area contributed by atoms with E-state index >= 15 is 0 Å². The third-order valence-electron chi connectivity index (χ3n) is 3.78. The number of aryl methyl sites for hydroxylation is 1. The zero-order valence-corrected chi connectivity index (χ0v) is 17.4. The Bertz CT molecular complexity index is 544. The number of carbonyl (C=O) groups is 1. The van der Waals surface area contributed by atoms with E-state index in [1.807, 2.05) is 18.7 Å². The standard InChI is InChI=1S/C16H26N4OS.HI/c1-11(2)15(21)20-8-7-13(10-20)19-16(17-4)18-9-14-6-5-12(3)22-14;/h5-6,11,13H,7-10H2,1-4H3,(H2,17,18,19);1H. The quantitative estimate of drug-likeness (QED) is 0.421. The zero-order chi connectivity index (χ0) is 16.1. The first-order chi connectivity index (χ1) is 10.5. The summed E-state index contributed by atoms with van der Waals surface area (Å²) in [6.07, 6.45) is 0.970. The number of halogens is 1. The average Bonchev–Trinajstić information content (AvgIpc) is 3.11. The molecule has 0 radical (unpaired) electrons. The van der Waals surface area contributed by atoms with Crippen molar-refractivity contribution in [2.24, 2.45) is 10.9 Å². The van der Waals surface area contributed by atoms with E-state index in [1.54, 1.807) is 18.4 Å². The minimum Gasteiger partial charge on any atom is -0.352 e. The van der Waals surface area contributed by atoms with Gasteiger partial charge in [0.15, 0.2) is 5.96 Å². The summed E-state index contributed by atoms with van der Waals surface area (Å²) < 4.78 is 0. The lowest BCUT2D eigenvalue weighted by Gasteiger charge is -2.20. The van der Waals surface area contributed by atoms with Crippen LogP contribution in [0.2, 0.25) is 0 Å². The topological polar surface area (TPSA) is 56.7 Å².